The van der Waals surface area contributed by atoms with E-state index < -0.39 is 12.0 Å². The number of hydrogen-bond acceptors (Lipinski definition) is 2. The van der Waals surface area contributed by atoms with Gasteiger partial charge in [-0.05, 0) is 48.9 Å². The molecule has 0 heterocycles. The molecule has 3 saturated carbocycles. The highest BCUT2D eigenvalue weighted by Gasteiger charge is 2.54. The molecule has 3 rings (SSSR count). The number of aliphatic carboxylic acids is 1. The van der Waals surface area contributed by atoms with Crippen LogP contribution in [0.15, 0.2) is 0 Å². The smallest absolute Gasteiger partial charge is 0.320 e. The van der Waals surface area contributed by atoms with Crippen molar-refractivity contribution < 1.29 is 9.90 Å². The van der Waals surface area contributed by atoms with E-state index in [0.29, 0.717) is 23.7 Å². The average Bonchev–Trinajstić information content (AvgIpc) is 2.17. The van der Waals surface area contributed by atoms with Gasteiger partial charge in [0, 0.05) is 0 Å². The number of carbonyl (C=O) groups is 1. The van der Waals surface area contributed by atoms with Crippen LogP contribution < -0.4 is 5.73 Å². The van der Waals surface area contributed by atoms with Crippen molar-refractivity contribution >= 4 is 5.97 Å². The quantitative estimate of drug-likeness (QED) is 0.749. The molecule has 4 atom stereocenters. The van der Waals surface area contributed by atoms with Crippen LogP contribution in [0.25, 0.3) is 0 Å². The van der Waals surface area contributed by atoms with Crippen molar-refractivity contribution in [2.75, 3.05) is 0 Å². The summed E-state index contributed by atoms with van der Waals surface area (Å²) in [7, 11) is 0. The van der Waals surface area contributed by atoms with Gasteiger partial charge in [-0.15, -0.1) is 0 Å². The van der Waals surface area contributed by atoms with Crippen LogP contribution in [-0.2, 0) is 4.79 Å². The molecule has 0 aromatic rings. The molecule has 15 heavy (non-hydrogen) atoms. The van der Waals surface area contributed by atoms with Crippen LogP contribution in [0.5, 0.6) is 0 Å². The summed E-state index contributed by atoms with van der Waals surface area (Å²) in [6, 6.07) is -0.664. The number of carboxylic acid groups (broad SMARTS) is 1. The maximum atomic E-state index is 10.7. The highest BCUT2D eigenvalue weighted by atomic mass is 16.4. The molecule has 2 bridgehead atoms. The van der Waals surface area contributed by atoms with Gasteiger partial charge in [0.05, 0.1) is 0 Å². The number of hydrogen-bond donors (Lipinski definition) is 2. The van der Waals surface area contributed by atoms with Crippen LogP contribution in [0.4, 0.5) is 0 Å². The maximum absolute atomic E-state index is 10.7. The minimum Gasteiger partial charge on any atom is -0.480 e. The molecule has 3 N–H and O–H groups in total. The molecular formula is C12H21NO2. The lowest BCUT2D eigenvalue weighted by Gasteiger charge is -2.60. The van der Waals surface area contributed by atoms with Crippen LogP contribution in [0.3, 0.4) is 0 Å². The lowest BCUT2D eigenvalue weighted by Crippen LogP contribution is -2.53. The highest BCUT2D eigenvalue weighted by Crippen LogP contribution is 2.62. The van der Waals surface area contributed by atoms with Crippen molar-refractivity contribution in [1.29, 1.82) is 0 Å². The van der Waals surface area contributed by atoms with Gasteiger partial charge in [-0.2, -0.15) is 0 Å². The maximum Gasteiger partial charge on any atom is 0.320 e. The molecule has 0 saturated heterocycles. The minimum absolute atomic E-state index is 0.432. The van der Waals surface area contributed by atoms with Gasteiger partial charge >= 0.3 is 5.97 Å². The first kappa shape index (κ1) is 10.9. The van der Waals surface area contributed by atoms with Gasteiger partial charge < -0.3 is 10.8 Å². The first-order valence-corrected chi connectivity index (χ1v) is 5.91. The molecule has 0 aliphatic heterocycles. The van der Waals surface area contributed by atoms with Crippen LogP contribution in [-0.4, -0.2) is 17.1 Å². The molecule has 3 aliphatic carbocycles. The van der Waals surface area contributed by atoms with E-state index >= 15 is 0 Å². The Hall–Kier alpha value is -0.570. The second kappa shape index (κ2) is 3.48. The van der Waals surface area contributed by atoms with E-state index in [0.717, 1.165) is 5.92 Å². The van der Waals surface area contributed by atoms with Gasteiger partial charge in [0.2, 0.25) is 0 Å². The van der Waals surface area contributed by atoms with Gasteiger partial charge in [-0.3, -0.25) is 4.79 Å². The zero-order valence-corrected chi connectivity index (χ0v) is 9.57. The molecule has 3 fully saturated rings. The summed E-state index contributed by atoms with van der Waals surface area (Å²) in [4.78, 5) is 10.7. The fourth-order valence-electron chi connectivity index (χ4n) is 3.67. The second-order valence-electron chi connectivity index (χ2n) is 5.88. The first-order valence-electron chi connectivity index (χ1n) is 5.91. The molecular weight excluding hydrogens is 190 g/mol. The Kier molecular flexibility index (Phi) is 2.53. The van der Waals surface area contributed by atoms with E-state index in [-0.39, 0.29) is 0 Å². The van der Waals surface area contributed by atoms with E-state index in [1.807, 2.05) is 0 Å². The van der Waals surface area contributed by atoms with Gasteiger partial charge in [-0.1, -0.05) is 13.8 Å². The lowest BCUT2D eigenvalue weighted by molar-refractivity contribution is -0.141. The van der Waals surface area contributed by atoms with Gasteiger partial charge in [0.1, 0.15) is 6.04 Å². The van der Waals surface area contributed by atoms with Crippen molar-refractivity contribution in [1.82, 2.24) is 0 Å². The van der Waals surface area contributed by atoms with E-state index in [4.69, 9.17) is 10.8 Å². The average molecular weight is 211 g/mol. The van der Waals surface area contributed by atoms with E-state index in [2.05, 4.69) is 13.8 Å². The Morgan fingerprint density at radius 3 is 2.67 bits per heavy atom. The van der Waals surface area contributed by atoms with Crippen molar-refractivity contribution in [2.45, 2.75) is 45.6 Å². The third-order valence-electron chi connectivity index (χ3n) is 4.88. The molecule has 3 aliphatic rings. The number of nitrogens with two attached hydrogens (primary N) is 1. The van der Waals surface area contributed by atoms with Gasteiger partial charge in [0.15, 0.2) is 0 Å². The number of rotatable bonds is 3. The van der Waals surface area contributed by atoms with Crippen molar-refractivity contribution in [2.24, 2.45) is 28.9 Å². The third kappa shape index (κ3) is 1.67. The second-order valence-corrected chi connectivity index (χ2v) is 5.88. The molecule has 3 nitrogen and oxygen atoms in total. The first-order chi connectivity index (χ1) is 6.93. The Morgan fingerprint density at radius 2 is 2.20 bits per heavy atom. The molecule has 0 amide bonds. The summed E-state index contributed by atoms with van der Waals surface area (Å²) in [5.74, 6) is 1.27. The topological polar surface area (TPSA) is 63.3 Å². The summed E-state index contributed by atoms with van der Waals surface area (Å²) >= 11 is 0. The normalized spacial score (nSPS) is 39.3. The molecule has 0 aromatic heterocycles. The van der Waals surface area contributed by atoms with E-state index in [1.165, 1.54) is 19.3 Å². The molecule has 0 aromatic carbocycles. The number of carboxylic acids is 1. The Morgan fingerprint density at radius 1 is 1.53 bits per heavy atom. The predicted octanol–water partition coefficient (Wildman–Crippen LogP) is 1.86. The molecule has 3 heteroatoms. The predicted molar refractivity (Wildman–Crippen MR) is 58.3 cm³/mol. The van der Waals surface area contributed by atoms with Crippen LogP contribution >= 0.6 is 0 Å². The molecule has 86 valence electrons. The fourth-order valence-corrected chi connectivity index (χ4v) is 3.67. The summed E-state index contributed by atoms with van der Waals surface area (Å²) in [5, 5.41) is 8.82. The standard InChI is InChI=1S/C12H21NO2/c1-12(2)8-4-3-7(9(12)6-8)5-10(13)11(14)15/h7-10H,3-6,13H2,1-2H3,(H,14,15). The SMILES string of the molecule is CC1(C)C2CCC(CC(N)C(=O)O)C1C2. The summed E-state index contributed by atoms with van der Waals surface area (Å²) < 4.78 is 0. The van der Waals surface area contributed by atoms with Gasteiger partial charge in [0.25, 0.3) is 0 Å². The van der Waals surface area contributed by atoms with Crippen molar-refractivity contribution in [3.63, 3.8) is 0 Å². The fraction of sp³-hybridized carbons (Fsp3) is 0.917. The third-order valence-corrected chi connectivity index (χ3v) is 4.88. The van der Waals surface area contributed by atoms with Gasteiger partial charge in [-0.25, -0.2) is 0 Å². The molecule has 4 unspecified atom stereocenters. The summed E-state index contributed by atoms with van der Waals surface area (Å²) in [6.45, 7) is 4.65. The van der Waals surface area contributed by atoms with Crippen molar-refractivity contribution in [3.8, 4) is 0 Å². The van der Waals surface area contributed by atoms with Crippen molar-refractivity contribution in [3.05, 3.63) is 0 Å². The lowest BCUT2D eigenvalue weighted by atomic mass is 9.45. The zero-order chi connectivity index (χ0) is 11.2. The van der Waals surface area contributed by atoms with Crippen LogP contribution in [0, 0.1) is 23.2 Å². The van der Waals surface area contributed by atoms with Crippen LogP contribution in [0.1, 0.15) is 39.5 Å². The Labute approximate surface area is 91.0 Å². The molecule has 0 radical (unpaired) electrons. The Bertz CT molecular complexity index is 273. The van der Waals surface area contributed by atoms with E-state index in [9.17, 15) is 4.79 Å². The highest BCUT2D eigenvalue weighted by molar-refractivity contribution is 5.73. The largest absolute Gasteiger partial charge is 0.480 e. The Balaban J connectivity index is 1.97. The number of fused-ring (bicyclic) bond motifs is 2. The zero-order valence-electron chi connectivity index (χ0n) is 9.57. The van der Waals surface area contributed by atoms with E-state index in [1.54, 1.807) is 0 Å². The van der Waals surface area contributed by atoms with Crippen LogP contribution in [0.2, 0.25) is 0 Å². The summed E-state index contributed by atoms with van der Waals surface area (Å²) in [5.41, 5.74) is 6.05. The minimum atomic E-state index is -0.853. The molecule has 0 spiro atoms. The summed E-state index contributed by atoms with van der Waals surface area (Å²) in [6.07, 6.45) is 4.40. The monoisotopic (exact) mass is 211 g/mol.